The van der Waals surface area contributed by atoms with Crippen LogP contribution in [0.1, 0.15) is 55.4 Å². The average Bonchev–Trinajstić information content (AvgIpc) is 3.25. The Kier molecular flexibility index (Phi) is 7.87. The molecule has 3 aromatic rings. The third kappa shape index (κ3) is 6.00. The summed E-state index contributed by atoms with van der Waals surface area (Å²) in [6, 6.07) is 14.0. The fraction of sp³-hybridized carbons (Fsp3) is 0.346. The fourth-order valence-electron chi connectivity index (χ4n) is 3.71. The second-order valence-electron chi connectivity index (χ2n) is 8.65. The summed E-state index contributed by atoms with van der Waals surface area (Å²) < 4.78 is 7.38. The first-order valence-electron chi connectivity index (χ1n) is 11.1. The molecule has 2 N–H and O–H groups in total. The first-order chi connectivity index (χ1) is 15.8. The molecule has 0 spiro atoms. The van der Waals surface area contributed by atoms with Crippen molar-refractivity contribution in [2.45, 2.75) is 46.2 Å². The molecule has 3 rings (SSSR count). The van der Waals surface area contributed by atoms with Crippen LogP contribution >= 0.6 is 0 Å². The van der Waals surface area contributed by atoms with Gasteiger partial charge in [0.05, 0.1) is 12.7 Å². The van der Waals surface area contributed by atoms with Crippen LogP contribution < -0.4 is 15.4 Å². The summed E-state index contributed by atoms with van der Waals surface area (Å²) in [6.07, 6.45) is 3.77. The number of aromatic nitrogens is 2. The SMILES string of the molecule is COc1ccccc1C(=O)NC(C(=O)Nc1cccc(Cn2ccnc2C(C)C)c1)C(C)C. The first-order valence-corrected chi connectivity index (χ1v) is 11.1. The van der Waals surface area contributed by atoms with Gasteiger partial charge in [-0.3, -0.25) is 9.59 Å². The Labute approximate surface area is 195 Å². The topological polar surface area (TPSA) is 85.2 Å². The second kappa shape index (κ2) is 10.8. The summed E-state index contributed by atoms with van der Waals surface area (Å²) in [5, 5.41) is 5.81. The summed E-state index contributed by atoms with van der Waals surface area (Å²) in [5.41, 5.74) is 2.12. The molecule has 1 atom stereocenters. The van der Waals surface area contributed by atoms with Gasteiger partial charge < -0.3 is 19.9 Å². The number of hydrogen-bond donors (Lipinski definition) is 2. The van der Waals surface area contributed by atoms with E-state index in [0.717, 1.165) is 11.4 Å². The molecule has 33 heavy (non-hydrogen) atoms. The zero-order valence-corrected chi connectivity index (χ0v) is 19.8. The van der Waals surface area contributed by atoms with Gasteiger partial charge in [0.25, 0.3) is 5.91 Å². The van der Waals surface area contributed by atoms with Gasteiger partial charge in [0.1, 0.15) is 17.6 Å². The van der Waals surface area contributed by atoms with Crippen LogP contribution in [0, 0.1) is 5.92 Å². The molecule has 2 amide bonds. The molecule has 0 radical (unpaired) electrons. The molecule has 1 heterocycles. The van der Waals surface area contributed by atoms with Gasteiger partial charge in [-0.1, -0.05) is 52.0 Å². The number of carbonyl (C=O) groups excluding carboxylic acids is 2. The van der Waals surface area contributed by atoms with E-state index < -0.39 is 6.04 Å². The van der Waals surface area contributed by atoms with E-state index in [1.165, 1.54) is 7.11 Å². The fourth-order valence-corrected chi connectivity index (χ4v) is 3.71. The normalized spacial score (nSPS) is 12.0. The summed E-state index contributed by atoms with van der Waals surface area (Å²) in [7, 11) is 1.51. The molecule has 0 saturated heterocycles. The van der Waals surface area contributed by atoms with E-state index in [9.17, 15) is 9.59 Å². The Bertz CT molecular complexity index is 1100. The smallest absolute Gasteiger partial charge is 0.255 e. The lowest BCUT2D eigenvalue weighted by atomic mass is 10.0. The second-order valence-corrected chi connectivity index (χ2v) is 8.65. The predicted octanol–water partition coefficient (Wildman–Crippen LogP) is 4.46. The number of nitrogens with zero attached hydrogens (tertiary/aromatic N) is 2. The van der Waals surface area contributed by atoms with E-state index >= 15 is 0 Å². The molecule has 174 valence electrons. The van der Waals surface area contributed by atoms with Crippen molar-refractivity contribution < 1.29 is 14.3 Å². The van der Waals surface area contributed by atoms with E-state index in [0.29, 0.717) is 29.5 Å². The highest BCUT2D eigenvalue weighted by molar-refractivity contribution is 6.02. The number of anilines is 1. The molecule has 0 aliphatic carbocycles. The lowest BCUT2D eigenvalue weighted by Crippen LogP contribution is -2.47. The van der Waals surface area contributed by atoms with E-state index in [-0.39, 0.29) is 17.7 Å². The van der Waals surface area contributed by atoms with E-state index in [1.807, 2.05) is 44.3 Å². The third-order valence-electron chi connectivity index (χ3n) is 5.40. The molecule has 0 fully saturated rings. The number of ether oxygens (including phenoxy) is 1. The highest BCUT2D eigenvalue weighted by Crippen LogP contribution is 2.19. The monoisotopic (exact) mass is 448 g/mol. The number of para-hydroxylation sites is 1. The molecule has 0 aliphatic rings. The number of methoxy groups -OCH3 is 1. The molecule has 2 aromatic carbocycles. The molecule has 0 aliphatic heterocycles. The maximum absolute atomic E-state index is 13.1. The van der Waals surface area contributed by atoms with Gasteiger partial charge in [-0.25, -0.2) is 4.98 Å². The minimum Gasteiger partial charge on any atom is -0.496 e. The van der Waals surface area contributed by atoms with Crippen molar-refractivity contribution >= 4 is 17.5 Å². The van der Waals surface area contributed by atoms with E-state index in [4.69, 9.17) is 4.74 Å². The lowest BCUT2D eigenvalue weighted by Gasteiger charge is -2.22. The van der Waals surface area contributed by atoms with Gasteiger partial charge in [-0.05, 0) is 35.7 Å². The number of carbonyl (C=O) groups is 2. The summed E-state index contributed by atoms with van der Waals surface area (Å²) >= 11 is 0. The standard InChI is InChI=1S/C26H32N4O3/c1-17(2)23(29-25(31)21-11-6-7-12-22(21)33-5)26(32)28-20-10-8-9-19(15-20)16-30-14-13-27-24(30)18(3)4/h6-15,17-18,23H,16H2,1-5H3,(H,28,32)(H,29,31). The molecule has 7 nitrogen and oxygen atoms in total. The van der Waals surface area contributed by atoms with Crippen molar-refractivity contribution in [2.24, 2.45) is 5.92 Å². The Balaban J connectivity index is 1.72. The molecule has 7 heteroatoms. The molecule has 1 aromatic heterocycles. The summed E-state index contributed by atoms with van der Waals surface area (Å²) in [5.74, 6) is 1.08. The van der Waals surface area contributed by atoms with Gasteiger partial charge in [0.2, 0.25) is 5.91 Å². The average molecular weight is 449 g/mol. The number of imidazole rings is 1. The largest absolute Gasteiger partial charge is 0.496 e. The summed E-state index contributed by atoms with van der Waals surface area (Å²) in [4.78, 5) is 30.3. The van der Waals surface area contributed by atoms with Gasteiger partial charge in [0, 0.05) is 30.5 Å². The van der Waals surface area contributed by atoms with Gasteiger partial charge in [0.15, 0.2) is 0 Å². The number of benzene rings is 2. The number of rotatable bonds is 9. The maximum atomic E-state index is 13.1. The number of hydrogen-bond acceptors (Lipinski definition) is 4. The van der Waals surface area contributed by atoms with Crippen LogP contribution in [0.3, 0.4) is 0 Å². The van der Waals surface area contributed by atoms with E-state index in [2.05, 4.69) is 34.0 Å². The minimum absolute atomic E-state index is 0.105. The molecule has 0 saturated carbocycles. The zero-order chi connectivity index (χ0) is 24.0. The van der Waals surface area contributed by atoms with Crippen molar-refractivity contribution in [3.05, 3.63) is 77.9 Å². The Morgan fingerprint density at radius 1 is 1.06 bits per heavy atom. The molecule has 0 bridgehead atoms. The molecular weight excluding hydrogens is 416 g/mol. The van der Waals surface area contributed by atoms with Crippen LogP contribution in [0.4, 0.5) is 5.69 Å². The zero-order valence-electron chi connectivity index (χ0n) is 19.8. The first kappa shape index (κ1) is 24.0. The molecule has 1 unspecified atom stereocenters. The van der Waals surface area contributed by atoms with Crippen molar-refractivity contribution in [3.8, 4) is 5.75 Å². The Morgan fingerprint density at radius 2 is 1.82 bits per heavy atom. The van der Waals surface area contributed by atoms with Gasteiger partial charge >= 0.3 is 0 Å². The van der Waals surface area contributed by atoms with Crippen LogP contribution in [-0.4, -0.2) is 34.5 Å². The maximum Gasteiger partial charge on any atom is 0.255 e. The predicted molar refractivity (Wildman–Crippen MR) is 130 cm³/mol. The van der Waals surface area contributed by atoms with Crippen LogP contribution in [-0.2, 0) is 11.3 Å². The van der Waals surface area contributed by atoms with Crippen molar-refractivity contribution in [1.29, 1.82) is 0 Å². The van der Waals surface area contributed by atoms with E-state index in [1.54, 1.807) is 30.5 Å². The highest BCUT2D eigenvalue weighted by Gasteiger charge is 2.26. The lowest BCUT2D eigenvalue weighted by molar-refractivity contribution is -0.118. The quantitative estimate of drug-likeness (QED) is 0.506. The Morgan fingerprint density at radius 3 is 2.52 bits per heavy atom. The van der Waals surface area contributed by atoms with Crippen LogP contribution in [0.25, 0.3) is 0 Å². The Hall–Kier alpha value is -3.61. The third-order valence-corrected chi connectivity index (χ3v) is 5.40. The van der Waals surface area contributed by atoms with Crippen LogP contribution in [0.5, 0.6) is 5.75 Å². The van der Waals surface area contributed by atoms with Crippen molar-refractivity contribution in [3.63, 3.8) is 0 Å². The number of nitrogens with one attached hydrogen (secondary N) is 2. The minimum atomic E-state index is -0.702. The van der Waals surface area contributed by atoms with Crippen LogP contribution in [0.2, 0.25) is 0 Å². The van der Waals surface area contributed by atoms with Crippen molar-refractivity contribution in [2.75, 3.05) is 12.4 Å². The highest BCUT2D eigenvalue weighted by atomic mass is 16.5. The summed E-state index contributed by atoms with van der Waals surface area (Å²) in [6.45, 7) is 8.68. The number of amides is 2. The molecular formula is C26H32N4O3. The van der Waals surface area contributed by atoms with Crippen molar-refractivity contribution in [1.82, 2.24) is 14.9 Å². The van der Waals surface area contributed by atoms with Crippen LogP contribution in [0.15, 0.2) is 60.9 Å². The van der Waals surface area contributed by atoms with Gasteiger partial charge in [-0.2, -0.15) is 0 Å². The van der Waals surface area contributed by atoms with Gasteiger partial charge in [-0.15, -0.1) is 0 Å².